The Balaban J connectivity index is 1.93. The number of anilines is 1. The minimum Gasteiger partial charge on any atom is -0.461 e. The molecule has 0 bridgehead atoms. The van der Waals surface area contributed by atoms with E-state index in [2.05, 4.69) is 11.1 Å². The zero-order chi connectivity index (χ0) is 13.4. The zero-order valence-corrected chi connectivity index (χ0v) is 11.4. The summed E-state index contributed by atoms with van der Waals surface area (Å²) in [5, 5.41) is 0. The maximum absolute atomic E-state index is 11.6. The number of nitrogen functional groups attached to an aromatic ring is 1. The molecule has 1 aliphatic carbocycles. The van der Waals surface area contributed by atoms with Crippen molar-refractivity contribution in [3.8, 4) is 10.8 Å². The van der Waals surface area contributed by atoms with E-state index in [0.29, 0.717) is 5.89 Å². The van der Waals surface area contributed by atoms with Gasteiger partial charge in [-0.3, -0.25) is 0 Å². The van der Waals surface area contributed by atoms with E-state index >= 15 is 0 Å². The van der Waals surface area contributed by atoms with Crippen LogP contribution in [-0.4, -0.2) is 17.6 Å². The smallest absolute Gasteiger partial charge is 0.362 e. The van der Waals surface area contributed by atoms with Crippen molar-refractivity contribution in [3.63, 3.8) is 0 Å². The molecule has 0 radical (unpaired) electrons. The van der Waals surface area contributed by atoms with E-state index in [9.17, 15) is 4.79 Å². The largest absolute Gasteiger partial charge is 0.461 e. The van der Waals surface area contributed by atoms with Gasteiger partial charge in [-0.15, -0.1) is 11.3 Å². The summed E-state index contributed by atoms with van der Waals surface area (Å²) in [5.41, 5.74) is 7.09. The van der Waals surface area contributed by atoms with Crippen LogP contribution in [0.25, 0.3) is 10.8 Å². The minimum atomic E-state index is -0.543. The van der Waals surface area contributed by atoms with Gasteiger partial charge in [0.25, 0.3) is 0 Å². The van der Waals surface area contributed by atoms with Gasteiger partial charge in [-0.25, -0.2) is 4.79 Å². The molecule has 1 aliphatic rings. The summed E-state index contributed by atoms with van der Waals surface area (Å²) >= 11 is 1.66. The summed E-state index contributed by atoms with van der Waals surface area (Å²) in [6.45, 7) is 2.02. The molecule has 0 atom stereocenters. The van der Waals surface area contributed by atoms with E-state index < -0.39 is 5.97 Å². The van der Waals surface area contributed by atoms with E-state index in [4.69, 9.17) is 14.9 Å². The predicted octanol–water partition coefficient (Wildman–Crippen LogP) is 2.65. The van der Waals surface area contributed by atoms with Crippen molar-refractivity contribution in [1.29, 1.82) is 0 Å². The highest BCUT2D eigenvalue weighted by Gasteiger charge is 2.23. The molecule has 5 nitrogen and oxygen atoms in total. The van der Waals surface area contributed by atoms with Crippen molar-refractivity contribution < 1.29 is 13.9 Å². The second-order valence-corrected chi connectivity index (χ2v) is 5.50. The third kappa shape index (κ3) is 2.12. The van der Waals surface area contributed by atoms with Gasteiger partial charge in [-0.2, -0.15) is 4.98 Å². The fourth-order valence-corrected chi connectivity index (χ4v) is 3.40. The maximum Gasteiger partial charge on any atom is 0.362 e. The number of aryl methyl sites for hydroxylation is 2. The highest BCUT2D eigenvalue weighted by Crippen LogP contribution is 2.37. The van der Waals surface area contributed by atoms with Crippen LogP contribution in [0, 0.1) is 0 Å². The van der Waals surface area contributed by atoms with Gasteiger partial charge in [-0.1, -0.05) is 0 Å². The van der Waals surface area contributed by atoms with Crippen LogP contribution >= 0.6 is 11.3 Å². The summed E-state index contributed by atoms with van der Waals surface area (Å²) in [7, 11) is 0. The lowest BCUT2D eigenvalue weighted by Gasteiger charge is -1.96. The first kappa shape index (κ1) is 12.2. The fourth-order valence-electron chi connectivity index (χ4n) is 2.22. The highest BCUT2D eigenvalue weighted by atomic mass is 32.1. The summed E-state index contributed by atoms with van der Waals surface area (Å²) in [6, 6.07) is 2.08. The Labute approximate surface area is 114 Å². The van der Waals surface area contributed by atoms with Gasteiger partial charge in [0.05, 0.1) is 11.5 Å². The summed E-state index contributed by atoms with van der Waals surface area (Å²) in [6.07, 6.45) is 3.43. The van der Waals surface area contributed by atoms with Gasteiger partial charge in [0.1, 0.15) is 0 Å². The molecule has 0 saturated carbocycles. The average molecular weight is 278 g/mol. The van der Waals surface area contributed by atoms with Crippen LogP contribution in [0.1, 0.15) is 34.3 Å². The van der Waals surface area contributed by atoms with Gasteiger partial charge in [0.2, 0.25) is 17.5 Å². The molecule has 100 valence electrons. The van der Waals surface area contributed by atoms with Gasteiger partial charge < -0.3 is 14.9 Å². The number of carbonyl (C=O) groups excluding carboxylic acids is 1. The lowest BCUT2D eigenvalue weighted by Crippen LogP contribution is -2.07. The van der Waals surface area contributed by atoms with Crippen LogP contribution < -0.4 is 5.73 Å². The number of ether oxygens (including phenoxy) is 1. The Morgan fingerprint density at radius 1 is 1.58 bits per heavy atom. The van der Waals surface area contributed by atoms with Crippen molar-refractivity contribution in [3.05, 3.63) is 22.2 Å². The number of carbonyl (C=O) groups is 1. The molecule has 3 rings (SSSR count). The topological polar surface area (TPSA) is 78.3 Å². The Kier molecular flexibility index (Phi) is 3.02. The first-order valence-electron chi connectivity index (χ1n) is 6.24. The van der Waals surface area contributed by atoms with Crippen LogP contribution in [0.4, 0.5) is 5.88 Å². The van der Waals surface area contributed by atoms with Crippen molar-refractivity contribution in [2.45, 2.75) is 26.2 Å². The van der Waals surface area contributed by atoms with E-state index in [1.807, 2.05) is 0 Å². The van der Waals surface area contributed by atoms with Crippen molar-refractivity contribution >= 4 is 23.2 Å². The molecule has 0 spiro atoms. The number of rotatable bonds is 3. The standard InChI is InChI=1S/C13H14N2O3S/c1-2-17-13(16)10-11(14)18-12(15-10)9-6-7-4-3-5-8(7)19-9/h6H,2-5,14H2,1H3. The van der Waals surface area contributed by atoms with Gasteiger partial charge in [-0.05, 0) is 37.8 Å². The lowest BCUT2D eigenvalue weighted by molar-refractivity contribution is 0.0521. The number of aromatic nitrogens is 1. The van der Waals surface area contributed by atoms with Gasteiger partial charge in [0.15, 0.2) is 0 Å². The quantitative estimate of drug-likeness (QED) is 0.873. The number of thiophene rings is 1. The number of esters is 1. The Hall–Kier alpha value is -1.82. The number of hydrogen-bond acceptors (Lipinski definition) is 6. The molecular weight excluding hydrogens is 264 g/mol. The van der Waals surface area contributed by atoms with Crippen LogP contribution in [0.5, 0.6) is 0 Å². The zero-order valence-electron chi connectivity index (χ0n) is 10.6. The maximum atomic E-state index is 11.6. The fraction of sp³-hybridized carbons (Fsp3) is 0.385. The van der Waals surface area contributed by atoms with E-state index in [1.165, 1.54) is 16.9 Å². The number of hydrogen-bond donors (Lipinski definition) is 1. The third-order valence-electron chi connectivity index (χ3n) is 3.08. The Morgan fingerprint density at radius 3 is 3.16 bits per heavy atom. The van der Waals surface area contributed by atoms with E-state index in [1.54, 1.807) is 18.3 Å². The molecule has 2 aromatic heterocycles. The molecule has 2 heterocycles. The van der Waals surface area contributed by atoms with Gasteiger partial charge >= 0.3 is 5.97 Å². The van der Waals surface area contributed by atoms with Crippen molar-refractivity contribution in [1.82, 2.24) is 4.98 Å². The van der Waals surface area contributed by atoms with Crippen LogP contribution in [0.15, 0.2) is 10.5 Å². The first-order valence-corrected chi connectivity index (χ1v) is 7.06. The summed E-state index contributed by atoms with van der Waals surface area (Å²) in [5.74, 6) is -0.124. The van der Waals surface area contributed by atoms with Crippen LogP contribution in [0.3, 0.4) is 0 Å². The van der Waals surface area contributed by atoms with Crippen LogP contribution in [0.2, 0.25) is 0 Å². The van der Waals surface area contributed by atoms with Gasteiger partial charge in [0, 0.05) is 4.88 Å². The monoisotopic (exact) mass is 278 g/mol. The number of nitrogens with two attached hydrogens (primary N) is 1. The molecule has 0 aliphatic heterocycles. The highest BCUT2D eigenvalue weighted by molar-refractivity contribution is 7.15. The van der Waals surface area contributed by atoms with E-state index in [0.717, 1.165) is 17.7 Å². The molecule has 2 N–H and O–H groups in total. The van der Waals surface area contributed by atoms with Crippen molar-refractivity contribution in [2.24, 2.45) is 0 Å². The molecule has 0 saturated heterocycles. The molecule has 2 aromatic rings. The molecule has 6 heteroatoms. The second-order valence-electron chi connectivity index (χ2n) is 4.36. The van der Waals surface area contributed by atoms with Crippen molar-refractivity contribution in [2.75, 3.05) is 12.3 Å². The number of nitrogens with zero attached hydrogens (tertiary/aromatic N) is 1. The molecule has 19 heavy (non-hydrogen) atoms. The molecular formula is C13H14N2O3S. The minimum absolute atomic E-state index is 0.0157. The molecule has 0 amide bonds. The molecule has 0 aromatic carbocycles. The van der Waals surface area contributed by atoms with E-state index in [-0.39, 0.29) is 18.2 Å². The average Bonchev–Trinajstić information content (AvgIpc) is 3.01. The predicted molar refractivity (Wildman–Crippen MR) is 72.2 cm³/mol. The summed E-state index contributed by atoms with van der Waals surface area (Å²) in [4.78, 5) is 18.1. The summed E-state index contributed by atoms with van der Waals surface area (Å²) < 4.78 is 10.3. The molecule has 0 fully saturated rings. The lowest BCUT2D eigenvalue weighted by atomic mass is 10.2. The molecule has 0 unspecified atom stereocenters. The third-order valence-corrected chi connectivity index (χ3v) is 4.30. The van der Waals surface area contributed by atoms with Crippen LogP contribution in [-0.2, 0) is 17.6 Å². The Bertz CT molecular complexity index is 608. The normalized spacial score (nSPS) is 13.5. The number of oxazole rings is 1. The Morgan fingerprint density at radius 2 is 2.42 bits per heavy atom. The number of fused-ring (bicyclic) bond motifs is 1. The second kappa shape index (κ2) is 4.70. The first-order chi connectivity index (χ1) is 9.19. The SMILES string of the molecule is CCOC(=O)c1nc(-c2cc3c(s2)CCC3)oc1N.